The van der Waals surface area contributed by atoms with Gasteiger partial charge in [-0.25, -0.2) is 13.2 Å². The van der Waals surface area contributed by atoms with Crippen LogP contribution in [0.2, 0.25) is 18.1 Å². The maximum absolute atomic E-state index is 13.6. The summed E-state index contributed by atoms with van der Waals surface area (Å²) in [6, 6.07) is 7.37. The van der Waals surface area contributed by atoms with Crippen molar-refractivity contribution < 1.29 is 35.6 Å². The molecule has 226 valence electrons. The normalized spacial score (nSPS) is 16.7. The number of hydrogen-bond acceptors (Lipinski definition) is 6. The molecule has 1 aliphatic rings. The molecule has 3 rings (SSSR count). The number of allylic oxidation sites excluding steroid dienone is 1. The lowest BCUT2D eigenvalue weighted by Gasteiger charge is -2.36. The highest BCUT2D eigenvalue weighted by atomic mass is 32.2. The average Bonchev–Trinajstić information content (AvgIpc) is 2.86. The molecule has 9 nitrogen and oxygen atoms in total. The molecular formula is C28H33F3N4O5SSi. The molecule has 0 aliphatic carbocycles. The SMILES string of the molecule is CC1=C(C(N)=O)C(c2ccc(C#N)cc2S(=O)(=O)CCO[Si](C)(C)C(C)(C)C)NC(=O)N1c1cccc(C(F)(F)F)c1. The van der Waals surface area contributed by atoms with E-state index in [1.54, 1.807) is 0 Å². The molecule has 0 radical (unpaired) electrons. The summed E-state index contributed by atoms with van der Waals surface area (Å²) < 4.78 is 73.3. The Balaban J connectivity index is 2.11. The third kappa shape index (κ3) is 6.69. The number of nitrogens with one attached hydrogen (secondary N) is 1. The number of rotatable bonds is 8. The third-order valence-electron chi connectivity index (χ3n) is 7.59. The quantitative estimate of drug-likeness (QED) is 0.378. The average molecular weight is 623 g/mol. The number of urea groups is 1. The van der Waals surface area contributed by atoms with Crippen LogP contribution in [-0.2, 0) is 25.2 Å². The van der Waals surface area contributed by atoms with Gasteiger partial charge in [-0.15, -0.1) is 0 Å². The van der Waals surface area contributed by atoms with E-state index in [9.17, 15) is 36.4 Å². The Morgan fingerprint density at radius 3 is 2.36 bits per heavy atom. The number of alkyl halides is 3. The molecule has 2 aromatic carbocycles. The summed E-state index contributed by atoms with van der Waals surface area (Å²) in [4.78, 5) is 26.6. The molecule has 2 aromatic rings. The van der Waals surface area contributed by atoms with Crippen molar-refractivity contribution >= 4 is 35.8 Å². The summed E-state index contributed by atoms with van der Waals surface area (Å²) in [5.41, 5.74) is 4.19. The topological polar surface area (TPSA) is 143 Å². The number of nitrogens with zero attached hydrogens (tertiary/aromatic N) is 2. The van der Waals surface area contributed by atoms with Crippen molar-refractivity contribution in [2.45, 2.75) is 62.9 Å². The maximum Gasteiger partial charge on any atom is 0.416 e. The Labute approximate surface area is 244 Å². The number of anilines is 1. The zero-order valence-electron chi connectivity index (χ0n) is 24.1. The standard InChI is InChI=1S/C28H33F3N4O5SSi/c1-17-23(25(33)36)24(34-26(37)35(17)20-9-7-8-19(15-20)28(29,30)31)21-11-10-18(16-32)14-22(21)41(38,39)13-12-40-42(5,6)27(2,3)4/h7-11,14-15,24H,12-13H2,1-6H3,(H2,33,36)(H,34,37). The lowest BCUT2D eigenvalue weighted by molar-refractivity contribution is -0.137. The van der Waals surface area contributed by atoms with Crippen molar-refractivity contribution in [3.05, 3.63) is 70.4 Å². The van der Waals surface area contributed by atoms with Crippen LogP contribution in [0.3, 0.4) is 0 Å². The Morgan fingerprint density at radius 2 is 1.81 bits per heavy atom. The van der Waals surface area contributed by atoms with Crippen molar-refractivity contribution in [1.82, 2.24) is 5.32 Å². The largest absolute Gasteiger partial charge is 0.416 e. The van der Waals surface area contributed by atoms with E-state index in [1.807, 2.05) is 39.9 Å². The summed E-state index contributed by atoms with van der Waals surface area (Å²) in [5.74, 6) is -1.46. The highest BCUT2D eigenvalue weighted by molar-refractivity contribution is 7.91. The van der Waals surface area contributed by atoms with Gasteiger partial charge in [0.2, 0.25) is 5.91 Å². The first kappa shape index (κ1) is 32.8. The Bertz CT molecular complexity index is 1590. The molecule has 0 saturated carbocycles. The molecule has 42 heavy (non-hydrogen) atoms. The fourth-order valence-corrected chi connectivity index (χ4v) is 6.84. The van der Waals surface area contributed by atoms with Gasteiger partial charge in [0.05, 0.1) is 45.1 Å². The van der Waals surface area contributed by atoms with Gasteiger partial charge in [-0.3, -0.25) is 9.69 Å². The molecule has 0 bridgehead atoms. The number of halogens is 3. The van der Waals surface area contributed by atoms with Crippen LogP contribution in [0.4, 0.5) is 23.7 Å². The van der Waals surface area contributed by atoms with Crippen LogP contribution < -0.4 is 16.0 Å². The van der Waals surface area contributed by atoms with E-state index in [2.05, 4.69) is 5.32 Å². The second-order valence-electron chi connectivity index (χ2n) is 11.4. The second-order valence-corrected chi connectivity index (χ2v) is 18.3. The molecule has 1 atom stereocenters. The van der Waals surface area contributed by atoms with Crippen LogP contribution in [0.1, 0.15) is 50.4 Å². The van der Waals surface area contributed by atoms with E-state index >= 15 is 0 Å². The van der Waals surface area contributed by atoms with Gasteiger partial charge in [0.25, 0.3) is 0 Å². The van der Waals surface area contributed by atoms with E-state index in [0.29, 0.717) is 0 Å². The number of primary amides is 1. The highest BCUT2D eigenvalue weighted by Crippen LogP contribution is 2.39. The molecule has 0 saturated heterocycles. The fraction of sp³-hybridized carbons (Fsp3) is 0.393. The predicted molar refractivity (Wildman–Crippen MR) is 153 cm³/mol. The van der Waals surface area contributed by atoms with E-state index < -0.39 is 53.6 Å². The number of amides is 3. The van der Waals surface area contributed by atoms with E-state index in [4.69, 9.17) is 10.2 Å². The van der Waals surface area contributed by atoms with Gasteiger partial charge >= 0.3 is 12.2 Å². The number of nitrogens with two attached hydrogens (primary N) is 1. The number of hydrogen-bond donors (Lipinski definition) is 2. The lowest BCUT2D eigenvalue weighted by atomic mass is 9.93. The maximum atomic E-state index is 13.6. The molecule has 14 heteroatoms. The first-order valence-electron chi connectivity index (χ1n) is 12.9. The summed E-state index contributed by atoms with van der Waals surface area (Å²) in [6.45, 7) is 11.2. The molecule has 1 aliphatic heterocycles. The predicted octanol–water partition coefficient (Wildman–Crippen LogP) is 5.40. The monoisotopic (exact) mass is 622 g/mol. The van der Waals surface area contributed by atoms with Gasteiger partial charge in [-0.2, -0.15) is 18.4 Å². The van der Waals surface area contributed by atoms with Crippen LogP contribution in [0, 0.1) is 11.3 Å². The van der Waals surface area contributed by atoms with Gasteiger partial charge in [0.1, 0.15) is 0 Å². The molecule has 0 aromatic heterocycles. The van der Waals surface area contributed by atoms with Gasteiger partial charge in [0.15, 0.2) is 18.2 Å². The van der Waals surface area contributed by atoms with E-state index in [-0.39, 0.29) is 44.6 Å². The van der Waals surface area contributed by atoms with Crippen LogP contribution >= 0.6 is 0 Å². The van der Waals surface area contributed by atoms with Crippen molar-refractivity contribution in [2.24, 2.45) is 5.73 Å². The van der Waals surface area contributed by atoms with Gasteiger partial charge in [-0.05, 0) is 61.0 Å². The number of sulfone groups is 1. The molecular weight excluding hydrogens is 589 g/mol. The minimum atomic E-state index is -4.69. The Hall–Kier alpha value is -3.67. The highest BCUT2D eigenvalue weighted by Gasteiger charge is 2.40. The van der Waals surface area contributed by atoms with Crippen molar-refractivity contribution in [1.29, 1.82) is 5.26 Å². The van der Waals surface area contributed by atoms with Gasteiger partial charge in [0, 0.05) is 12.3 Å². The summed E-state index contributed by atoms with van der Waals surface area (Å²) >= 11 is 0. The van der Waals surface area contributed by atoms with Crippen LogP contribution in [0.5, 0.6) is 0 Å². The zero-order valence-corrected chi connectivity index (χ0v) is 25.9. The zero-order chi connectivity index (χ0) is 31.8. The summed E-state index contributed by atoms with van der Waals surface area (Å²) in [6.07, 6.45) is -4.69. The van der Waals surface area contributed by atoms with Crippen molar-refractivity contribution in [3.8, 4) is 6.07 Å². The number of nitriles is 1. The first-order chi connectivity index (χ1) is 19.2. The summed E-state index contributed by atoms with van der Waals surface area (Å²) in [7, 11) is -6.42. The second kappa shape index (κ2) is 11.5. The molecule has 0 spiro atoms. The molecule has 1 unspecified atom stereocenters. The minimum Gasteiger partial charge on any atom is -0.416 e. The summed E-state index contributed by atoms with van der Waals surface area (Å²) in [5, 5.41) is 11.8. The van der Waals surface area contributed by atoms with E-state index in [1.165, 1.54) is 25.1 Å². The number of carbonyl (C=O) groups is 2. The molecule has 3 amide bonds. The minimum absolute atomic E-state index is 0.0217. The van der Waals surface area contributed by atoms with Crippen LogP contribution in [0.25, 0.3) is 0 Å². The van der Waals surface area contributed by atoms with Crippen molar-refractivity contribution in [2.75, 3.05) is 17.3 Å². The first-order valence-corrected chi connectivity index (χ1v) is 17.5. The number of carbonyl (C=O) groups excluding carboxylic acids is 2. The van der Waals surface area contributed by atoms with Crippen LogP contribution in [0.15, 0.2) is 58.6 Å². The lowest BCUT2D eigenvalue weighted by Crippen LogP contribution is -2.49. The fourth-order valence-electron chi connectivity index (χ4n) is 4.27. The smallest absolute Gasteiger partial charge is 0.416 e. The Morgan fingerprint density at radius 1 is 1.17 bits per heavy atom. The van der Waals surface area contributed by atoms with Crippen LogP contribution in [-0.4, -0.2) is 41.0 Å². The van der Waals surface area contributed by atoms with Gasteiger partial charge < -0.3 is 15.5 Å². The van der Waals surface area contributed by atoms with Crippen molar-refractivity contribution in [3.63, 3.8) is 0 Å². The number of benzene rings is 2. The molecule has 1 heterocycles. The third-order valence-corrected chi connectivity index (χ3v) is 13.9. The molecule has 0 fully saturated rings. The Kier molecular flexibility index (Phi) is 9.02. The van der Waals surface area contributed by atoms with Gasteiger partial charge in [-0.1, -0.05) is 32.9 Å². The molecule has 3 N–H and O–H groups in total. The van der Waals surface area contributed by atoms with E-state index in [0.717, 1.165) is 29.2 Å².